The molecule has 0 radical (unpaired) electrons. The van der Waals surface area contributed by atoms with Gasteiger partial charge in [-0.05, 0) is 55.0 Å². The lowest BCUT2D eigenvalue weighted by molar-refractivity contribution is -0.132. The average Bonchev–Trinajstić information content (AvgIpc) is 2.72. The van der Waals surface area contributed by atoms with Gasteiger partial charge >= 0.3 is 0 Å². The van der Waals surface area contributed by atoms with Crippen LogP contribution in [-0.4, -0.2) is 38.6 Å². The Hall–Kier alpha value is -2.69. The number of benzene rings is 3. The van der Waals surface area contributed by atoms with Gasteiger partial charge in [-0.1, -0.05) is 66.7 Å². The molecular formula is C24H28N2O2. The molecule has 0 aliphatic rings. The monoisotopic (exact) mass is 376 g/mol. The summed E-state index contributed by atoms with van der Waals surface area (Å²) < 4.78 is 5.51. The zero-order valence-corrected chi connectivity index (χ0v) is 16.8. The topological polar surface area (TPSA) is 41.6 Å². The van der Waals surface area contributed by atoms with Crippen LogP contribution in [0.2, 0.25) is 0 Å². The van der Waals surface area contributed by atoms with E-state index < -0.39 is 6.10 Å². The van der Waals surface area contributed by atoms with Crippen LogP contribution >= 0.6 is 0 Å². The molecule has 0 heterocycles. The van der Waals surface area contributed by atoms with E-state index in [1.807, 2.05) is 56.6 Å². The number of rotatable bonds is 8. The van der Waals surface area contributed by atoms with E-state index in [0.29, 0.717) is 0 Å². The van der Waals surface area contributed by atoms with E-state index in [-0.39, 0.29) is 11.9 Å². The third-order valence-electron chi connectivity index (χ3n) is 4.93. The van der Waals surface area contributed by atoms with Gasteiger partial charge in [0.1, 0.15) is 0 Å². The molecule has 0 bridgehead atoms. The minimum atomic E-state index is -0.622. The lowest BCUT2D eigenvalue weighted by Crippen LogP contribution is -2.35. The highest BCUT2D eigenvalue weighted by Gasteiger charge is 2.23. The molecule has 0 spiro atoms. The summed E-state index contributed by atoms with van der Waals surface area (Å²) in [6, 6.07) is 24.2. The summed E-state index contributed by atoms with van der Waals surface area (Å²) >= 11 is 0. The van der Waals surface area contributed by atoms with Crippen molar-refractivity contribution in [3.63, 3.8) is 0 Å². The van der Waals surface area contributed by atoms with Gasteiger partial charge in [-0.15, -0.1) is 0 Å². The smallest absolute Gasteiger partial charge is 0.254 e. The number of methoxy groups -OCH3 is 1. The van der Waals surface area contributed by atoms with Crippen LogP contribution in [0.4, 0.5) is 0 Å². The van der Waals surface area contributed by atoms with E-state index in [9.17, 15) is 4.79 Å². The number of carbonyl (C=O) groups excluding carboxylic acids is 1. The lowest BCUT2D eigenvalue weighted by Gasteiger charge is -2.24. The molecule has 0 aromatic heterocycles. The number of carbonyl (C=O) groups is 1. The fourth-order valence-corrected chi connectivity index (χ4v) is 3.40. The van der Waals surface area contributed by atoms with Crippen LogP contribution in [0, 0.1) is 0 Å². The molecule has 0 saturated heterocycles. The van der Waals surface area contributed by atoms with E-state index in [1.165, 1.54) is 10.8 Å². The molecule has 3 aromatic rings. The Balaban J connectivity index is 1.85. The first-order valence-corrected chi connectivity index (χ1v) is 9.60. The Bertz CT molecular complexity index is 909. The number of nitrogens with one attached hydrogen (secondary N) is 1. The second-order valence-corrected chi connectivity index (χ2v) is 7.29. The Labute approximate surface area is 167 Å². The van der Waals surface area contributed by atoms with Crippen molar-refractivity contribution < 1.29 is 9.53 Å². The highest BCUT2D eigenvalue weighted by Crippen LogP contribution is 2.25. The molecule has 3 aromatic carbocycles. The van der Waals surface area contributed by atoms with Gasteiger partial charge in [-0.2, -0.15) is 0 Å². The molecule has 1 N–H and O–H groups in total. The second-order valence-electron chi connectivity index (χ2n) is 7.29. The summed E-state index contributed by atoms with van der Waals surface area (Å²) in [6.45, 7) is 0.876. The first kappa shape index (κ1) is 20.1. The summed E-state index contributed by atoms with van der Waals surface area (Å²) in [7, 11) is 5.66. The molecular weight excluding hydrogens is 348 g/mol. The standard InChI is InChI=1S/C24H28N2O2/c1-26(2)16-15-22(21-14-13-18-9-7-8-12-20(18)17-21)25-24(27)23(28-3)19-10-5-4-6-11-19/h4-14,17,22-23H,15-16H2,1-3H3,(H,25,27)/t22-,23+/m0/s1. The summed E-state index contributed by atoms with van der Waals surface area (Å²) in [6.07, 6.45) is 0.200. The van der Waals surface area contributed by atoms with Crippen molar-refractivity contribution >= 4 is 16.7 Å². The molecule has 146 valence electrons. The highest BCUT2D eigenvalue weighted by atomic mass is 16.5. The van der Waals surface area contributed by atoms with E-state index in [4.69, 9.17) is 4.74 Å². The minimum Gasteiger partial charge on any atom is -0.367 e. The maximum atomic E-state index is 13.0. The van der Waals surface area contributed by atoms with Gasteiger partial charge < -0.3 is 15.0 Å². The molecule has 0 fully saturated rings. The largest absolute Gasteiger partial charge is 0.367 e. The zero-order chi connectivity index (χ0) is 19.9. The molecule has 0 aliphatic carbocycles. The Morgan fingerprint density at radius 1 is 0.929 bits per heavy atom. The lowest BCUT2D eigenvalue weighted by atomic mass is 9.98. The number of ether oxygens (including phenoxy) is 1. The van der Waals surface area contributed by atoms with Gasteiger partial charge in [0, 0.05) is 7.11 Å². The fourth-order valence-electron chi connectivity index (χ4n) is 3.40. The average molecular weight is 377 g/mol. The van der Waals surface area contributed by atoms with Crippen LogP contribution in [0.25, 0.3) is 10.8 Å². The third kappa shape index (κ3) is 4.97. The Morgan fingerprint density at radius 2 is 1.61 bits per heavy atom. The normalized spacial score (nSPS) is 13.4. The van der Waals surface area contributed by atoms with Gasteiger partial charge in [-0.3, -0.25) is 4.79 Å². The minimum absolute atomic E-state index is 0.0825. The molecule has 4 heteroatoms. The zero-order valence-electron chi connectivity index (χ0n) is 16.8. The van der Waals surface area contributed by atoms with Crippen LogP contribution < -0.4 is 5.32 Å². The number of hydrogen-bond acceptors (Lipinski definition) is 3. The van der Waals surface area contributed by atoms with Crippen LogP contribution in [0.1, 0.15) is 29.7 Å². The molecule has 0 saturated carbocycles. The highest BCUT2D eigenvalue weighted by molar-refractivity contribution is 5.84. The van der Waals surface area contributed by atoms with Crippen molar-refractivity contribution in [1.82, 2.24) is 10.2 Å². The van der Waals surface area contributed by atoms with Gasteiger partial charge in [0.2, 0.25) is 0 Å². The molecule has 3 rings (SSSR count). The third-order valence-corrected chi connectivity index (χ3v) is 4.93. The van der Waals surface area contributed by atoms with E-state index in [0.717, 1.165) is 24.1 Å². The molecule has 0 unspecified atom stereocenters. The van der Waals surface area contributed by atoms with Gasteiger partial charge in [0.25, 0.3) is 5.91 Å². The summed E-state index contributed by atoms with van der Waals surface area (Å²) in [5, 5.41) is 5.59. The van der Waals surface area contributed by atoms with Gasteiger partial charge in [0.05, 0.1) is 6.04 Å². The SMILES string of the molecule is CO[C@@H](C(=O)N[C@@H](CCN(C)C)c1ccc2ccccc2c1)c1ccccc1. The maximum Gasteiger partial charge on any atom is 0.254 e. The Kier molecular flexibility index (Phi) is 6.80. The van der Waals surface area contributed by atoms with Crippen molar-refractivity contribution in [1.29, 1.82) is 0 Å². The molecule has 2 atom stereocenters. The summed E-state index contributed by atoms with van der Waals surface area (Å²) in [4.78, 5) is 15.1. The van der Waals surface area contributed by atoms with Crippen molar-refractivity contribution in [2.24, 2.45) is 0 Å². The maximum absolute atomic E-state index is 13.0. The van der Waals surface area contributed by atoms with Crippen molar-refractivity contribution in [2.75, 3.05) is 27.7 Å². The molecule has 4 nitrogen and oxygen atoms in total. The summed E-state index contributed by atoms with van der Waals surface area (Å²) in [5.74, 6) is -0.120. The predicted molar refractivity (Wildman–Crippen MR) is 114 cm³/mol. The fraction of sp³-hybridized carbons (Fsp3) is 0.292. The second kappa shape index (κ2) is 9.49. The van der Waals surface area contributed by atoms with E-state index in [1.54, 1.807) is 7.11 Å². The van der Waals surface area contributed by atoms with Crippen LogP contribution in [0.5, 0.6) is 0 Å². The van der Waals surface area contributed by atoms with Crippen LogP contribution in [0.3, 0.4) is 0 Å². The summed E-state index contributed by atoms with van der Waals surface area (Å²) in [5.41, 5.74) is 1.96. The first-order valence-electron chi connectivity index (χ1n) is 9.60. The number of nitrogens with zero attached hydrogens (tertiary/aromatic N) is 1. The van der Waals surface area contributed by atoms with Crippen molar-refractivity contribution in [2.45, 2.75) is 18.6 Å². The van der Waals surface area contributed by atoms with Gasteiger partial charge in [0.15, 0.2) is 6.10 Å². The van der Waals surface area contributed by atoms with Gasteiger partial charge in [-0.25, -0.2) is 0 Å². The number of fused-ring (bicyclic) bond motifs is 1. The number of hydrogen-bond donors (Lipinski definition) is 1. The van der Waals surface area contributed by atoms with E-state index in [2.05, 4.69) is 40.5 Å². The molecule has 1 amide bonds. The molecule has 28 heavy (non-hydrogen) atoms. The number of amides is 1. The van der Waals surface area contributed by atoms with Crippen molar-refractivity contribution in [3.05, 3.63) is 83.9 Å². The molecule has 0 aliphatic heterocycles. The van der Waals surface area contributed by atoms with Crippen LogP contribution in [-0.2, 0) is 9.53 Å². The van der Waals surface area contributed by atoms with E-state index >= 15 is 0 Å². The quantitative estimate of drug-likeness (QED) is 0.636. The predicted octanol–water partition coefficient (Wildman–Crippen LogP) is 4.34. The first-order chi connectivity index (χ1) is 13.6. The van der Waals surface area contributed by atoms with Crippen molar-refractivity contribution in [3.8, 4) is 0 Å². The Morgan fingerprint density at radius 3 is 2.29 bits per heavy atom. The van der Waals surface area contributed by atoms with Crippen LogP contribution in [0.15, 0.2) is 72.8 Å².